The third kappa shape index (κ3) is 4.23. The lowest BCUT2D eigenvalue weighted by atomic mass is 10.1. The third-order valence-corrected chi connectivity index (χ3v) is 5.53. The van der Waals surface area contributed by atoms with E-state index in [9.17, 15) is 14.0 Å². The zero-order chi connectivity index (χ0) is 23.0. The summed E-state index contributed by atoms with van der Waals surface area (Å²) in [6.07, 6.45) is 1.23. The molecule has 0 saturated carbocycles. The Kier molecular flexibility index (Phi) is 5.73. The highest BCUT2D eigenvalue weighted by Gasteiger charge is 2.24. The fraction of sp³-hybridized carbons (Fsp3) is 0.348. The molecule has 1 N–H and O–H groups in total. The van der Waals surface area contributed by atoms with Crippen molar-refractivity contribution in [2.45, 2.75) is 47.0 Å². The van der Waals surface area contributed by atoms with Gasteiger partial charge in [0.1, 0.15) is 5.82 Å². The highest BCUT2D eigenvalue weighted by molar-refractivity contribution is 5.96. The average molecular weight is 436 g/mol. The number of rotatable bonds is 5. The largest absolute Gasteiger partial charge is 0.326 e. The number of nitrogens with one attached hydrogen (secondary N) is 1. The number of aromatic nitrogens is 4. The number of anilines is 2. The Bertz CT molecular complexity index is 1200. The van der Waals surface area contributed by atoms with Gasteiger partial charge < -0.3 is 10.2 Å². The number of halogens is 1. The van der Waals surface area contributed by atoms with E-state index in [1.54, 1.807) is 10.7 Å². The summed E-state index contributed by atoms with van der Waals surface area (Å²) in [7, 11) is 0. The second kappa shape index (κ2) is 8.49. The molecule has 0 radical (unpaired) electrons. The van der Waals surface area contributed by atoms with Crippen LogP contribution in [-0.4, -0.2) is 38.1 Å². The Morgan fingerprint density at radius 2 is 1.84 bits per heavy atom. The Morgan fingerprint density at radius 3 is 2.47 bits per heavy atom. The molecule has 3 aromatic rings. The number of hydrogen-bond donors (Lipinski definition) is 1. The molecule has 9 heteroatoms. The summed E-state index contributed by atoms with van der Waals surface area (Å²) >= 11 is 0. The number of carbonyl (C=O) groups is 2. The van der Waals surface area contributed by atoms with Crippen LogP contribution in [0.1, 0.15) is 41.2 Å². The Balaban J connectivity index is 1.50. The first-order valence-corrected chi connectivity index (χ1v) is 10.5. The normalized spacial score (nSPS) is 13.7. The molecule has 1 aliphatic rings. The standard InChI is InChI=1S/C23H25FN6O2/c1-13-10-14(2)26-23(25-13)30-16(4)18(15(3)28-30)12-21(31)27-17-7-8-20(19(24)11-17)29-9-5-6-22(29)32/h7-8,10-11H,5-6,9,12H2,1-4H3,(H,27,31). The van der Waals surface area contributed by atoms with Gasteiger partial charge in [-0.05, 0) is 58.4 Å². The molecule has 1 fully saturated rings. The van der Waals surface area contributed by atoms with E-state index in [1.807, 2.05) is 33.8 Å². The Morgan fingerprint density at radius 1 is 1.12 bits per heavy atom. The van der Waals surface area contributed by atoms with Gasteiger partial charge in [-0.15, -0.1) is 0 Å². The maximum atomic E-state index is 14.6. The molecule has 8 nitrogen and oxygen atoms in total. The van der Waals surface area contributed by atoms with Crippen LogP contribution in [-0.2, 0) is 16.0 Å². The van der Waals surface area contributed by atoms with E-state index in [4.69, 9.17) is 0 Å². The molecular formula is C23H25FN6O2. The minimum Gasteiger partial charge on any atom is -0.326 e. The number of aryl methyl sites for hydroxylation is 3. The number of carbonyl (C=O) groups excluding carboxylic acids is 2. The topological polar surface area (TPSA) is 93.0 Å². The zero-order valence-electron chi connectivity index (χ0n) is 18.6. The van der Waals surface area contributed by atoms with Gasteiger partial charge >= 0.3 is 0 Å². The molecule has 1 aliphatic heterocycles. The molecule has 2 amide bonds. The first-order valence-electron chi connectivity index (χ1n) is 10.5. The second-order valence-corrected chi connectivity index (χ2v) is 8.05. The number of amides is 2. The molecule has 32 heavy (non-hydrogen) atoms. The lowest BCUT2D eigenvalue weighted by molar-refractivity contribution is -0.117. The highest BCUT2D eigenvalue weighted by atomic mass is 19.1. The molecule has 1 aromatic carbocycles. The van der Waals surface area contributed by atoms with Crippen LogP contribution < -0.4 is 10.2 Å². The van der Waals surface area contributed by atoms with Crippen LogP contribution in [0.25, 0.3) is 5.95 Å². The summed E-state index contributed by atoms with van der Waals surface area (Å²) in [6, 6.07) is 6.26. The van der Waals surface area contributed by atoms with Crippen molar-refractivity contribution in [2.75, 3.05) is 16.8 Å². The van der Waals surface area contributed by atoms with Crippen molar-refractivity contribution in [3.8, 4) is 5.95 Å². The molecule has 2 aromatic heterocycles. The van der Waals surface area contributed by atoms with Gasteiger partial charge in [0, 0.05) is 41.3 Å². The van der Waals surface area contributed by atoms with Crippen LogP contribution in [0.3, 0.4) is 0 Å². The SMILES string of the molecule is Cc1cc(C)nc(-n2nc(C)c(CC(=O)Nc3ccc(N4CCCC4=O)c(F)c3)c2C)n1. The lowest BCUT2D eigenvalue weighted by Crippen LogP contribution is -2.24. The van der Waals surface area contributed by atoms with Gasteiger partial charge in [-0.25, -0.2) is 19.0 Å². The van der Waals surface area contributed by atoms with Crippen molar-refractivity contribution in [3.63, 3.8) is 0 Å². The monoisotopic (exact) mass is 436 g/mol. The summed E-state index contributed by atoms with van der Waals surface area (Å²) in [4.78, 5) is 34.9. The third-order valence-electron chi connectivity index (χ3n) is 5.53. The summed E-state index contributed by atoms with van der Waals surface area (Å²) < 4.78 is 16.2. The second-order valence-electron chi connectivity index (χ2n) is 8.05. The fourth-order valence-electron chi connectivity index (χ4n) is 4.00. The van der Waals surface area contributed by atoms with Gasteiger partial charge in [0.15, 0.2) is 0 Å². The minimum atomic E-state index is -0.537. The van der Waals surface area contributed by atoms with Crippen molar-refractivity contribution in [1.29, 1.82) is 0 Å². The lowest BCUT2D eigenvalue weighted by Gasteiger charge is -2.17. The van der Waals surface area contributed by atoms with Crippen LogP contribution in [0.15, 0.2) is 24.3 Å². The highest BCUT2D eigenvalue weighted by Crippen LogP contribution is 2.27. The van der Waals surface area contributed by atoms with Gasteiger partial charge in [-0.2, -0.15) is 5.10 Å². The molecule has 0 aliphatic carbocycles. The molecule has 0 bridgehead atoms. The summed E-state index contributed by atoms with van der Waals surface area (Å²) in [5.41, 5.74) is 4.49. The molecule has 0 atom stereocenters. The quantitative estimate of drug-likeness (QED) is 0.662. The predicted octanol–water partition coefficient (Wildman–Crippen LogP) is 3.34. The Hall–Kier alpha value is -3.62. The summed E-state index contributed by atoms with van der Waals surface area (Å²) in [5, 5.41) is 7.25. The van der Waals surface area contributed by atoms with Crippen LogP contribution >= 0.6 is 0 Å². The van der Waals surface area contributed by atoms with Crippen molar-refractivity contribution < 1.29 is 14.0 Å². The van der Waals surface area contributed by atoms with Crippen LogP contribution in [0.5, 0.6) is 0 Å². The minimum absolute atomic E-state index is 0.0798. The van der Waals surface area contributed by atoms with Gasteiger partial charge in [0.05, 0.1) is 17.8 Å². The van der Waals surface area contributed by atoms with E-state index in [2.05, 4.69) is 20.4 Å². The zero-order valence-corrected chi connectivity index (χ0v) is 18.6. The van der Waals surface area contributed by atoms with E-state index in [0.29, 0.717) is 30.3 Å². The molecule has 166 valence electrons. The fourth-order valence-corrected chi connectivity index (χ4v) is 4.00. The summed E-state index contributed by atoms with van der Waals surface area (Å²) in [5.74, 6) is -0.452. The molecule has 4 rings (SSSR count). The van der Waals surface area contributed by atoms with E-state index in [0.717, 1.165) is 29.1 Å². The molecule has 3 heterocycles. The van der Waals surface area contributed by atoms with E-state index in [1.165, 1.54) is 17.0 Å². The van der Waals surface area contributed by atoms with Gasteiger partial charge in [-0.3, -0.25) is 9.59 Å². The molecular weight excluding hydrogens is 411 g/mol. The van der Waals surface area contributed by atoms with E-state index < -0.39 is 5.82 Å². The first-order chi connectivity index (χ1) is 15.2. The maximum absolute atomic E-state index is 14.6. The van der Waals surface area contributed by atoms with Gasteiger partial charge in [0.2, 0.25) is 11.8 Å². The predicted molar refractivity (Wildman–Crippen MR) is 118 cm³/mol. The van der Waals surface area contributed by atoms with Crippen molar-refractivity contribution in [3.05, 3.63) is 58.4 Å². The maximum Gasteiger partial charge on any atom is 0.251 e. The van der Waals surface area contributed by atoms with Crippen LogP contribution in [0, 0.1) is 33.5 Å². The smallest absolute Gasteiger partial charge is 0.251 e. The van der Waals surface area contributed by atoms with Crippen LogP contribution in [0.4, 0.5) is 15.8 Å². The summed E-state index contributed by atoms with van der Waals surface area (Å²) in [6.45, 7) is 7.99. The number of benzene rings is 1. The van der Waals surface area contributed by atoms with E-state index >= 15 is 0 Å². The van der Waals surface area contributed by atoms with Crippen molar-refractivity contribution in [2.24, 2.45) is 0 Å². The number of hydrogen-bond acceptors (Lipinski definition) is 5. The van der Waals surface area contributed by atoms with Gasteiger partial charge in [0.25, 0.3) is 5.95 Å². The number of nitrogens with zero attached hydrogens (tertiary/aromatic N) is 5. The molecule has 1 saturated heterocycles. The molecule has 0 spiro atoms. The first kappa shape index (κ1) is 21.6. The van der Waals surface area contributed by atoms with Crippen molar-refractivity contribution in [1.82, 2.24) is 19.7 Å². The van der Waals surface area contributed by atoms with Gasteiger partial charge in [-0.1, -0.05) is 0 Å². The van der Waals surface area contributed by atoms with E-state index in [-0.39, 0.29) is 23.9 Å². The van der Waals surface area contributed by atoms with Crippen LogP contribution in [0.2, 0.25) is 0 Å². The Labute approximate surface area is 185 Å². The van der Waals surface area contributed by atoms with Crippen molar-refractivity contribution >= 4 is 23.2 Å². The average Bonchev–Trinajstić information content (AvgIpc) is 3.25. The molecule has 0 unspecified atom stereocenters.